The van der Waals surface area contributed by atoms with E-state index in [4.69, 9.17) is 23.2 Å². The fraction of sp³-hybridized carbons (Fsp3) is 0.333. The summed E-state index contributed by atoms with van der Waals surface area (Å²) in [4.78, 5) is 36.8. The first-order valence-corrected chi connectivity index (χ1v) is 15.2. The number of hydrogen-bond acceptors (Lipinski definition) is 5. The van der Waals surface area contributed by atoms with Gasteiger partial charge in [0, 0.05) is 49.5 Å². The number of hydrogen-bond donors (Lipinski definition) is 1. The Kier molecular flexibility index (Phi) is 8.07. The lowest BCUT2D eigenvalue weighted by molar-refractivity contribution is -0.0325. The molecule has 2 saturated heterocycles. The van der Waals surface area contributed by atoms with E-state index < -0.39 is 23.1 Å². The molecule has 0 bridgehead atoms. The molecule has 2 aliphatic heterocycles. The van der Waals surface area contributed by atoms with Crippen molar-refractivity contribution >= 4 is 41.0 Å². The average molecular weight is 639 g/mol. The van der Waals surface area contributed by atoms with Crippen molar-refractivity contribution in [2.24, 2.45) is 10.9 Å². The molecule has 7 nitrogen and oxygen atoms in total. The molecule has 0 radical (unpaired) electrons. The second-order valence-corrected chi connectivity index (χ2v) is 12.5. The van der Waals surface area contributed by atoms with Gasteiger partial charge in [0.15, 0.2) is 5.83 Å². The summed E-state index contributed by atoms with van der Waals surface area (Å²) in [5.41, 5.74) is 0.488. The van der Waals surface area contributed by atoms with Gasteiger partial charge in [0.05, 0.1) is 22.3 Å². The molecule has 2 unspecified atom stereocenters. The Morgan fingerprint density at radius 1 is 1.18 bits per heavy atom. The summed E-state index contributed by atoms with van der Waals surface area (Å²) in [6.45, 7) is 7.29. The van der Waals surface area contributed by atoms with Gasteiger partial charge in [-0.05, 0) is 73.4 Å². The predicted octanol–water partition coefficient (Wildman–Crippen LogP) is 6.49. The van der Waals surface area contributed by atoms with Crippen LogP contribution in [0.15, 0.2) is 70.6 Å². The molecule has 1 aromatic carbocycles. The topological polar surface area (TPSA) is 79.6 Å². The number of pyridine rings is 2. The molecule has 11 heteroatoms. The summed E-state index contributed by atoms with van der Waals surface area (Å²) in [6, 6.07) is 7.89. The van der Waals surface area contributed by atoms with Gasteiger partial charge in [-0.2, -0.15) is 0 Å². The maximum Gasteiger partial charge on any atom is 0.273 e. The lowest BCUT2D eigenvalue weighted by atomic mass is 9.78. The van der Waals surface area contributed by atoms with Crippen LogP contribution in [0.1, 0.15) is 64.8 Å². The number of nitrogens with zero attached hydrogens (tertiary/aromatic N) is 4. The van der Waals surface area contributed by atoms with E-state index >= 15 is 8.78 Å². The predicted molar refractivity (Wildman–Crippen MR) is 169 cm³/mol. The maximum atomic E-state index is 16.0. The van der Waals surface area contributed by atoms with Gasteiger partial charge in [0.25, 0.3) is 11.5 Å². The molecule has 1 spiro atoms. The van der Waals surface area contributed by atoms with Crippen LogP contribution in [0.25, 0.3) is 6.20 Å². The highest BCUT2D eigenvalue weighted by atomic mass is 35.5. The first-order valence-electron chi connectivity index (χ1n) is 14.5. The number of aromatic nitrogens is 2. The standard InChI is InChI=1S/C33H31Cl2F2N5O2/c1-4-9-40-30(22-6-5-7-23(29(22)37)31(43)42-10-8-33(42)16-39-17-33)25(36)15-41-18(2)11-24(28(35)32(41)44)27-19(3)26(27)20-12-21(34)14-38-13-20/h4-7,9,11-15,19,26-27,39H,8,10,16-17H2,1-3H3/b9-4+,25-15-,40-30+/t19-,26?,27?/m1/s1. The van der Waals surface area contributed by atoms with Crippen LogP contribution in [-0.4, -0.2) is 51.2 Å². The van der Waals surface area contributed by atoms with E-state index in [0.29, 0.717) is 35.9 Å². The van der Waals surface area contributed by atoms with Gasteiger partial charge in [-0.15, -0.1) is 0 Å². The van der Waals surface area contributed by atoms with E-state index in [1.807, 2.05) is 6.07 Å². The second-order valence-electron chi connectivity index (χ2n) is 11.7. The smallest absolute Gasteiger partial charge is 0.273 e. The number of carbonyl (C=O) groups is 1. The SMILES string of the molecule is C/C=C/N=C(/C(F)=C/n1c(C)cc(C2C(c3cncc(Cl)c3)[C@H]2C)c(Cl)c1=O)c1cccc(C(=O)N2CCC23CNC3)c1F. The highest BCUT2D eigenvalue weighted by Gasteiger charge is 2.52. The van der Waals surface area contributed by atoms with Crippen LogP contribution in [0.4, 0.5) is 8.78 Å². The third-order valence-corrected chi connectivity index (χ3v) is 9.67. The molecule has 1 N–H and O–H groups in total. The molecule has 3 atom stereocenters. The minimum absolute atomic E-state index is 0.0198. The minimum Gasteiger partial charge on any atom is -0.330 e. The van der Waals surface area contributed by atoms with E-state index in [0.717, 1.165) is 22.8 Å². The zero-order valence-electron chi connectivity index (χ0n) is 24.5. The number of halogens is 4. The summed E-state index contributed by atoms with van der Waals surface area (Å²) in [6.07, 6.45) is 8.03. The normalized spacial score (nSPS) is 22.7. The molecule has 1 aliphatic carbocycles. The van der Waals surface area contributed by atoms with Gasteiger partial charge in [-0.3, -0.25) is 24.1 Å². The average Bonchev–Trinajstić information content (AvgIpc) is 3.62. The summed E-state index contributed by atoms with van der Waals surface area (Å²) < 4.78 is 33.1. The number of rotatable bonds is 7. The Morgan fingerprint density at radius 3 is 2.57 bits per heavy atom. The number of likely N-dealkylation sites (tertiary alicyclic amines) is 1. The van der Waals surface area contributed by atoms with E-state index in [1.165, 1.54) is 24.4 Å². The third kappa shape index (κ3) is 5.10. The van der Waals surface area contributed by atoms with Crippen LogP contribution in [0.3, 0.4) is 0 Å². The van der Waals surface area contributed by atoms with Gasteiger partial charge >= 0.3 is 0 Å². The van der Waals surface area contributed by atoms with Crippen molar-refractivity contribution in [1.29, 1.82) is 0 Å². The first-order chi connectivity index (χ1) is 21.1. The molecule has 3 fully saturated rings. The fourth-order valence-corrected chi connectivity index (χ4v) is 6.91. The number of nitrogens with one attached hydrogen (secondary N) is 1. The number of aliphatic imine (C=N–C) groups is 1. The van der Waals surface area contributed by atoms with E-state index in [2.05, 4.69) is 22.2 Å². The molecule has 4 heterocycles. The molecule has 228 valence electrons. The fourth-order valence-electron chi connectivity index (χ4n) is 6.46. The minimum atomic E-state index is -0.966. The van der Waals surface area contributed by atoms with Crippen LogP contribution >= 0.6 is 23.2 Å². The van der Waals surface area contributed by atoms with E-state index in [1.54, 1.807) is 43.3 Å². The Labute approximate surface area is 263 Å². The lowest BCUT2D eigenvalue weighted by Gasteiger charge is -2.58. The van der Waals surface area contributed by atoms with Gasteiger partial charge in [-0.1, -0.05) is 42.3 Å². The summed E-state index contributed by atoms with van der Waals surface area (Å²) in [5, 5.41) is 3.68. The molecular formula is C33H31Cl2F2N5O2. The molecule has 44 heavy (non-hydrogen) atoms. The first kappa shape index (κ1) is 30.4. The Hall–Kier alpha value is -3.66. The highest BCUT2D eigenvalue weighted by Crippen LogP contribution is 2.61. The lowest BCUT2D eigenvalue weighted by Crippen LogP contribution is -2.77. The van der Waals surface area contributed by atoms with Crippen LogP contribution in [0.5, 0.6) is 0 Å². The van der Waals surface area contributed by atoms with E-state index in [-0.39, 0.29) is 45.2 Å². The van der Waals surface area contributed by atoms with E-state index in [9.17, 15) is 9.59 Å². The summed E-state index contributed by atoms with van der Waals surface area (Å²) in [7, 11) is 0. The zero-order valence-corrected chi connectivity index (χ0v) is 26.0. The van der Waals surface area contributed by atoms with Gasteiger partial charge < -0.3 is 10.2 Å². The van der Waals surface area contributed by atoms with Gasteiger partial charge in [0.2, 0.25) is 0 Å². The Balaban J connectivity index is 1.34. The third-order valence-electron chi connectivity index (χ3n) is 9.09. The molecule has 3 aliphatic rings. The summed E-state index contributed by atoms with van der Waals surface area (Å²) >= 11 is 12.8. The molecule has 1 amide bonds. The maximum absolute atomic E-state index is 16.0. The molecule has 1 saturated carbocycles. The van der Waals surface area contributed by atoms with Crippen molar-refractivity contribution in [2.75, 3.05) is 19.6 Å². The zero-order chi connectivity index (χ0) is 31.3. The molecule has 6 rings (SSSR count). The van der Waals surface area contributed by atoms with Crippen molar-refractivity contribution < 1.29 is 13.6 Å². The molecule has 3 aromatic rings. The summed E-state index contributed by atoms with van der Waals surface area (Å²) in [5.74, 6) is -2.03. The van der Waals surface area contributed by atoms with Crippen LogP contribution in [0, 0.1) is 18.7 Å². The quantitative estimate of drug-likeness (QED) is 0.300. The van der Waals surface area contributed by atoms with Crippen molar-refractivity contribution in [1.82, 2.24) is 19.8 Å². The number of carbonyl (C=O) groups excluding carboxylic acids is 1. The van der Waals surface area contributed by atoms with Crippen LogP contribution in [0.2, 0.25) is 10.0 Å². The number of amides is 1. The number of allylic oxidation sites excluding steroid dienone is 2. The van der Waals surface area contributed by atoms with Crippen molar-refractivity contribution in [3.63, 3.8) is 0 Å². The molecular weight excluding hydrogens is 607 g/mol. The van der Waals surface area contributed by atoms with Crippen LogP contribution < -0.4 is 10.9 Å². The second kappa shape index (κ2) is 11.7. The van der Waals surface area contributed by atoms with Crippen molar-refractivity contribution in [3.8, 4) is 0 Å². The largest absolute Gasteiger partial charge is 0.330 e. The van der Waals surface area contributed by atoms with Crippen LogP contribution in [-0.2, 0) is 0 Å². The van der Waals surface area contributed by atoms with Crippen molar-refractivity contribution in [2.45, 2.75) is 44.6 Å². The van der Waals surface area contributed by atoms with Gasteiger partial charge in [0.1, 0.15) is 16.6 Å². The van der Waals surface area contributed by atoms with Gasteiger partial charge in [-0.25, -0.2) is 8.78 Å². The Bertz CT molecular complexity index is 1810. The number of benzene rings is 1. The molecule has 2 aromatic heterocycles. The van der Waals surface area contributed by atoms with Crippen molar-refractivity contribution in [3.05, 3.63) is 115 Å². The highest BCUT2D eigenvalue weighted by molar-refractivity contribution is 6.31. The monoisotopic (exact) mass is 637 g/mol. The number of aryl methyl sites for hydroxylation is 1. The Morgan fingerprint density at radius 2 is 1.93 bits per heavy atom.